The number of hydrogen-bond donors (Lipinski definition) is 1. The summed E-state index contributed by atoms with van der Waals surface area (Å²) in [4.78, 5) is 12.4. The number of aryl methyl sites for hydroxylation is 1. The van der Waals surface area contributed by atoms with Gasteiger partial charge in [0.25, 0.3) is 5.91 Å². The van der Waals surface area contributed by atoms with Crippen LogP contribution in [0.2, 0.25) is 0 Å². The highest BCUT2D eigenvalue weighted by Gasteiger charge is 2.28. The summed E-state index contributed by atoms with van der Waals surface area (Å²) in [5.41, 5.74) is 2.90. The Hall–Kier alpha value is -3.29. The van der Waals surface area contributed by atoms with Crippen LogP contribution in [-0.4, -0.2) is 28.5 Å². The lowest BCUT2D eigenvalue weighted by Crippen LogP contribution is -2.19. The summed E-state index contributed by atoms with van der Waals surface area (Å²) in [6.07, 6.45) is -1.24. The zero-order valence-corrected chi connectivity index (χ0v) is 15.0. The second kappa shape index (κ2) is 8.16. The molecule has 0 radical (unpaired) electrons. The number of benzene rings is 2. The SMILES string of the molecule is Cc1cccc(Cn2cc(NC(=O)c3cccc(OCC(F)(F)F)c3)cn2)c1. The number of hydrogen-bond acceptors (Lipinski definition) is 3. The maximum atomic E-state index is 12.4. The van der Waals surface area contributed by atoms with Crippen LogP contribution in [0.3, 0.4) is 0 Å². The molecule has 0 saturated carbocycles. The fourth-order valence-corrected chi connectivity index (χ4v) is 2.61. The van der Waals surface area contributed by atoms with Crippen LogP contribution >= 0.6 is 0 Å². The highest BCUT2D eigenvalue weighted by Crippen LogP contribution is 2.20. The molecule has 1 aromatic heterocycles. The number of alkyl halides is 3. The number of rotatable bonds is 6. The van der Waals surface area contributed by atoms with Gasteiger partial charge >= 0.3 is 6.18 Å². The topological polar surface area (TPSA) is 56.2 Å². The lowest BCUT2D eigenvalue weighted by Gasteiger charge is -2.10. The van der Waals surface area contributed by atoms with Crippen molar-refractivity contribution in [3.8, 4) is 5.75 Å². The van der Waals surface area contributed by atoms with E-state index in [0.29, 0.717) is 12.2 Å². The molecule has 3 rings (SSSR count). The van der Waals surface area contributed by atoms with E-state index in [9.17, 15) is 18.0 Å². The van der Waals surface area contributed by atoms with Gasteiger partial charge in [0.1, 0.15) is 5.75 Å². The third-order valence-electron chi connectivity index (χ3n) is 3.82. The van der Waals surface area contributed by atoms with E-state index in [1.807, 2.05) is 31.2 Å². The minimum absolute atomic E-state index is 0.0277. The minimum atomic E-state index is -4.44. The Bertz CT molecular complexity index is 967. The number of nitrogens with one attached hydrogen (secondary N) is 1. The number of nitrogens with zero attached hydrogens (tertiary/aromatic N) is 2. The maximum absolute atomic E-state index is 12.4. The molecule has 1 amide bonds. The van der Waals surface area contributed by atoms with Crippen LogP contribution in [0.4, 0.5) is 18.9 Å². The van der Waals surface area contributed by atoms with Crippen LogP contribution in [-0.2, 0) is 6.54 Å². The molecule has 28 heavy (non-hydrogen) atoms. The monoisotopic (exact) mass is 389 g/mol. The third-order valence-corrected chi connectivity index (χ3v) is 3.82. The molecular weight excluding hydrogens is 371 g/mol. The number of aromatic nitrogens is 2. The molecule has 0 saturated heterocycles. The Labute approximate surface area is 159 Å². The normalized spacial score (nSPS) is 11.3. The van der Waals surface area contributed by atoms with Crippen LogP contribution in [0.25, 0.3) is 0 Å². The minimum Gasteiger partial charge on any atom is -0.484 e. The fourth-order valence-electron chi connectivity index (χ4n) is 2.61. The van der Waals surface area contributed by atoms with E-state index in [-0.39, 0.29) is 11.3 Å². The first-order chi connectivity index (χ1) is 13.3. The van der Waals surface area contributed by atoms with Crippen molar-refractivity contribution in [2.75, 3.05) is 11.9 Å². The quantitative estimate of drug-likeness (QED) is 0.678. The summed E-state index contributed by atoms with van der Waals surface area (Å²) in [6.45, 7) is 1.15. The number of ether oxygens (including phenoxy) is 1. The summed E-state index contributed by atoms with van der Waals surface area (Å²) in [6, 6.07) is 13.6. The van der Waals surface area contributed by atoms with E-state index < -0.39 is 18.7 Å². The van der Waals surface area contributed by atoms with Crippen molar-refractivity contribution in [1.29, 1.82) is 0 Å². The number of carbonyl (C=O) groups is 1. The Morgan fingerprint density at radius 3 is 2.71 bits per heavy atom. The average molecular weight is 389 g/mol. The summed E-state index contributed by atoms with van der Waals surface area (Å²) in [7, 11) is 0. The van der Waals surface area contributed by atoms with Crippen LogP contribution in [0, 0.1) is 6.92 Å². The third kappa shape index (κ3) is 5.60. The van der Waals surface area contributed by atoms with Gasteiger partial charge < -0.3 is 10.1 Å². The van der Waals surface area contributed by atoms with Crippen molar-refractivity contribution in [3.05, 3.63) is 77.6 Å². The van der Waals surface area contributed by atoms with E-state index in [0.717, 1.165) is 11.1 Å². The molecule has 2 aromatic carbocycles. The smallest absolute Gasteiger partial charge is 0.422 e. The molecule has 0 atom stereocenters. The summed E-state index contributed by atoms with van der Waals surface area (Å²) in [5.74, 6) is -0.493. The van der Waals surface area contributed by atoms with E-state index in [1.54, 1.807) is 10.9 Å². The van der Waals surface area contributed by atoms with Gasteiger partial charge in [-0.25, -0.2) is 0 Å². The summed E-state index contributed by atoms with van der Waals surface area (Å²) >= 11 is 0. The lowest BCUT2D eigenvalue weighted by molar-refractivity contribution is -0.153. The van der Waals surface area contributed by atoms with Crippen LogP contribution in [0.5, 0.6) is 5.75 Å². The molecule has 0 unspecified atom stereocenters. The number of halogens is 3. The van der Waals surface area contributed by atoms with Gasteiger partial charge in [0, 0.05) is 11.8 Å². The van der Waals surface area contributed by atoms with Crippen molar-refractivity contribution in [3.63, 3.8) is 0 Å². The molecule has 0 aliphatic heterocycles. The van der Waals surface area contributed by atoms with Gasteiger partial charge in [-0.2, -0.15) is 18.3 Å². The highest BCUT2D eigenvalue weighted by atomic mass is 19.4. The number of amides is 1. The van der Waals surface area contributed by atoms with Crippen molar-refractivity contribution < 1.29 is 22.7 Å². The van der Waals surface area contributed by atoms with Gasteiger partial charge in [-0.05, 0) is 30.7 Å². The molecule has 0 aliphatic carbocycles. The zero-order chi connectivity index (χ0) is 20.1. The summed E-state index contributed by atoms with van der Waals surface area (Å²) in [5, 5.41) is 6.89. The molecule has 1 N–H and O–H groups in total. The molecule has 0 aliphatic rings. The second-order valence-corrected chi connectivity index (χ2v) is 6.30. The second-order valence-electron chi connectivity index (χ2n) is 6.30. The molecule has 5 nitrogen and oxygen atoms in total. The Morgan fingerprint density at radius 1 is 1.18 bits per heavy atom. The maximum Gasteiger partial charge on any atom is 0.422 e. The van der Waals surface area contributed by atoms with Gasteiger partial charge in [0.15, 0.2) is 6.61 Å². The number of anilines is 1. The summed E-state index contributed by atoms with van der Waals surface area (Å²) < 4.78 is 43.1. The predicted molar refractivity (Wildman–Crippen MR) is 98.5 cm³/mol. The van der Waals surface area contributed by atoms with Gasteiger partial charge in [0.05, 0.1) is 18.4 Å². The van der Waals surface area contributed by atoms with E-state index in [4.69, 9.17) is 0 Å². The standard InChI is InChI=1S/C20H18F3N3O2/c1-14-4-2-5-15(8-14)11-26-12-17(10-24-26)25-19(27)16-6-3-7-18(9-16)28-13-20(21,22)23/h2-10,12H,11,13H2,1H3,(H,25,27). The first kappa shape index (κ1) is 19.5. The van der Waals surface area contributed by atoms with Crippen LogP contribution in [0.1, 0.15) is 21.5 Å². The highest BCUT2D eigenvalue weighted by molar-refractivity contribution is 6.04. The molecule has 0 bridgehead atoms. The van der Waals surface area contributed by atoms with E-state index >= 15 is 0 Å². The molecular formula is C20H18F3N3O2. The first-order valence-corrected chi connectivity index (χ1v) is 8.47. The molecule has 8 heteroatoms. The largest absolute Gasteiger partial charge is 0.484 e. The Balaban J connectivity index is 1.63. The van der Waals surface area contributed by atoms with Crippen LogP contribution < -0.4 is 10.1 Å². The van der Waals surface area contributed by atoms with Crippen molar-refractivity contribution in [2.45, 2.75) is 19.6 Å². The molecule has 3 aromatic rings. The van der Waals surface area contributed by atoms with Crippen molar-refractivity contribution in [2.24, 2.45) is 0 Å². The first-order valence-electron chi connectivity index (χ1n) is 8.47. The van der Waals surface area contributed by atoms with Gasteiger partial charge in [-0.3, -0.25) is 9.48 Å². The van der Waals surface area contributed by atoms with Gasteiger partial charge in [-0.1, -0.05) is 35.9 Å². The number of carbonyl (C=O) groups excluding carboxylic acids is 1. The fraction of sp³-hybridized carbons (Fsp3) is 0.200. The van der Waals surface area contributed by atoms with E-state index in [1.165, 1.54) is 30.5 Å². The van der Waals surface area contributed by atoms with Crippen molar-refractivity contribution >= 4 is 11.6 Å². The lowest BCUT2D eigenvalue weighted by atomic mass is 10.1. The Morgan fingerprint density at radius 2 is 1.96 bits per heavy atom. The van der Waals surface area contributed by atoms with Crippen molar-refractivity contribution in [1.82, 2.24) is 9.78 Å². The zero-order valence-electron chi connectivity index (χ0n) is 15.0. The predicted octanol–water partition coefficient (Wildman–Crippen LogP) is 4.43. The molecule has 0 spiro atoms. The van der Waals surface area contributed by atoms with E-state index in [2.05, 4.69) is 15.2 Å². The molecule has 0 fully saturated rings. The average Bonchev–Trinajstić information content (AvgIpc) is 3.06. The Kier molecular flexibility index (Phi) is 5.67. The van der Waals surface area contributed by atoms with Gasteiger partial charge in [0.2, 0.25) is 0 Å². The molecule has 146 valence electrons. The van der Waals surface area contributed by atoms with Crippen LogP contribution in [0.15, 0.2) is 60.9 Å². The molecule has 1 heterocycles. The van der Waals surface area contributed by atoms with Gasteiger partial charge in [-0.15, -0.1) is 0 Å².